The van der Waals surface area contributed by atoms with Crippen molar-refractivity contribution in [1.29, 1.82) is 0 Å². The van der Waals surface area contributed by atoms with E-state index in [0.717, 1.165) is 5.56 Å². The number of hydrogen-bond acceptors (Lipinski definition) is 5. The molecule has 0 saturated heterocycles. The first-order valence-electron chi connectivity index (χ1n) is 6.61. The Morgan fingerprint density at radius 2 is 1.86 bits per heavy atom. The van der Waals surface area contributed by atoms with E-state index >= 15 is 0 Å². The van der Waals surface area contributed by atoms with Crippen LogP contribution in [0.1, 0.15) is 11.1 Å². The molecule has 0 radical (unpaired) electrons. The summed E-state index contributed by atoms with van der Waals surface area (Å²) >= 11 is 0. The molecule has 0 aliphatic carbocycles. The lowest BCUT2D eigenvalue weighted by Crippen LogP contribution is -2.14. The number of nitrogen functional groups attached to an aromatic ring is 1. The summed E-state index contributed by atoms with van der Waals surface area (Å²) in [5, 5.41) is 0. The van der Waals surface area contributed by atoms with Crippen LogP contribution in [0.15, 0.2) is 64.9 Å². The van der Waals surface area contributed by atoms with Gasteiger partial charge in [0.2, 0.25) is 0 Å². The van der Waals surface area contributed by atoms with Crippen molar-refractivity contribution in [3.8, 4) is 0 Å². The van der Waals surface area contributed by atoms with Crippen LogP contribution in [0.25, 0.3) is 0 Å². The summed E-state index contributed by atoms with van der Waals surface area (Å²) in [5.74, 6) is -0.250. The molecule has 22 heavy (non-hydrogen) atoms. The van der Waals surface area contributed by atoms with Crippen LogP contribution >= 0.6 is 0 Å². The molecule has 2 aromatic rings. The van der Waals surface area contributed by atoms with Crippen molar-refractivity contribution >= 4 is 15.5 Å². The van der Waals surface area contributed by atoms with Crippen LogP contribution in [0.3, 0.4) is 0 Å². The maximum absolute atomic E-state index is 12.2. The molecule has 0 aliphatic rings. The summed E-state index contributed by atoms with van der Waals surface area (Å²) < 4.78 is 24.5. The molecule has 0 bridgehead atoms. The minimum Gasteiger partial charge on any atom is -0.397 e. The van der Waals surface area contributed by atoms with Gasteiger partial charge in [-0.05, 0) is 11.6 Å². The van der Waals surface area contributed by atoms with Crippen LogP contribution in [0.2, 0.25) is 0 Å². The van der Waals surface area contributed by atoms with Gasteiger partial charge in [-0.2, -0.15) is 0 Å². The topological polar surface area (TPSA) is 90.1 Å². The number of sulfone groups is 1. The molecule has 0 amide bonds. The number of aromatic nitrogens is 1. The van der Waals surface area contributed by atoms with E-state index in [-0.39, 0.29) is 28.3 Å². The van der Waals surface area contributed by atoms with Crippen molar-refractivity contribution in [2.75, 3.05) is 11.5 Å². The van der Waals surface area contributed by atoms with Gasteiger partial charge >= 0.3 is 0 Å². The molecule has 5 nitrogen and oxygen atoms in total. The number of hydrogen-bond donors (Lipinski definition) is 1. The number of nitrogens with zero attached hydrogens (tertiary/aromatic N) is 1. The zero-order valence-corrected chi connectivity index (χ0v) is 12.7. The Bertz CT molecular complexity index is 847. The van der Waals surface area contributed by atoms with Gasteiger partial charge in [0.25, 0.3) is 5.56 Å². The van der Waals surface area contributed by atoms with Gasteiger partial charge in [-0.1, -0.05) is 36.4 Å². The van der Waals surface area contributed by atoms with Crippen LogP contribution < -0.4 is 11.3 Å². The standard InChI is InChI=1S/C16H16N2O3S/c1-2-10-22(20,21)14-8-9-18-16(19)13(15(14)17)11-12-6-4-3-5-7-12/h2-9H,1,10-11,17H2. The van der Waals surface area contributed by atoms with Gasteiger partial charge in [0.15, 0.2) is 9.84 Å². The Kier molecular flexibility index (Phi) is 4.72. The Hall–Kier alpha value is -2.47. The van der Waals surface area contributed by atoms with E-state index in [4.69, 9.17) is 5.73 Å². The van der Waals surface area contributed by atoms with E-state index < -0.39 is 15.4 Å². The van der Waals surface area contributed by atoms with E-state index in [0.29, 0.717) is 0 Å². The Morgan fingerprint density at radius 1 is 1.18 bits per heavy atom. The summed E-state index contributed by atoms with van der Waals surface area (Å²) in [4.78, 5) is 15.7. The molecule has 0 aliphatic heterocycles. The third-order valence-corrected chi connectivity index (χ3v) is 4.86. The second kappa shape index (κ2) is 6.53. The molecule has 0 unspecified atom stereocenters. The lowest BCUT2D eigenvalue weighted by molar-refractivity contribution is 0.599. The molecule has 0 fully saturated rings. The quantitative estimate of drug-likeness (QED) is 0.846. The summed E-state index contributed by atoms with van der Waals surface area (Å²) in [6.07, 6.45) is 2.68. The third-order valence-electron chi connectivity index (χ3n) is 3.16. The van der Waals surface area contributed by atoms with Gasteiger partial charge in [0.05, 0.1) is 16.3 Å². The van der Waals surface area contributed by atoms with Gasteiger partial charge in [-0.3, -0.25) is 4.79 Å². The highest BCUT2D eigenvalue weighted by Gasteiger charge is 2.19. The number of rotatable bonds is 5. The highest BCUT2D eigenvalue weighted by Crippen LogP contribution is 2.22. The molecule has 1 heterocycles. The maximum Gasteiger partial charge on any atom is 0.275 e. The number of benzene rings is 1. The zero-order chi connectivity index (χ0) is 16.2. The Labute approximate surface area is 129 Å². The monoisotopic (exact) mass is 316 g/mol. The fraction of sp³-hybridized carbons (Fsp3) is 0.125. The summed E-state index contributed by atoms with van der Waals surface area (Å²) in [5.41, 5.74) is 6.43. The number of nitrogens with two attached hydrogens (primary N) is 1. The van der Waals surface area contributed by atoms with Crippen LogP contribution in [0.4, 0.5) is 5.69 Å². The molecule has 6 heteroatoms. The summed E-state index contributed by atoms with van der Waals surface area (Å²) in [6.45, 7) is 3.43. The Morgan fingerprint density at radius 3 is 2.50 bits per heavy atom. The van der Waals surface area contributed by atoms with Gasteiger partial charge in [0, 0.05) is 18.2 Å². The highest BCUT2D eigenvalue weighted by atomic mass is 32.2. The van der Waals surface area contributed by atoms with Crippen molar-refractivity contribution in [3.05, 3.63) is 76.7 Å². The Balaban J connectivity index is 2.63. The molecule has 2 rings (SSSR count). The van der Waals surface area contributed by atoms with Crippen LogP contribution in [0.5, 0.6) is 0 Å². The lowest BCUT2D eigenvalue weighted by Gasteiger charge is -2.06. The van der Waals surface area contributed by atoms with Crippen LogP contribution in [0, 0.1) is 0 Å². The molecule has 114 valence electrons. The predicted molar refractivity (Wildman–Crippen MR) is 86.4 cm³/mol. The van der Waals surface area contributed by atoms with E-state index in [1.54, 1.807) is 0 Å². The second-order valence-corrected chi connectivity index (χ2v) is 6.74. The second-order valence-electron chi connectivity index (χ2n) is 4.74. The molecule has 0 spiro atoms. The van der Waals surface area contributed by atoms with Crippen LogP contribution in [-0.4, -0.2) is 19.2 Å². The first kappa shape index (κ1) is 15.9. The molecule has 2 N–H and O–H groups in total. The van der Waals surface area contributed by atoms with Gasteiger partial charge < -0.3 is 5.73 Å². The first-order valence-corrected chi connectivity index (χ1v) is 8.26. The first-order chi connectivity index (χ1) is 10.5. The van der Waals surface area contributed by atoms with E-state index in [9.17, 15) is 13.2 Å². The van der Waals surface area contributed by atoms with Crippen molar-refractivity contribution in [2.24, 2.45) is 0 Å². The van der Waals surface area contributed by atoms with E-state index in [1.165, 1.54) is 18.3 Å². The third kappa shape index (κ3) is 3.40. The molecule has 0 saturated carbocycles. The smallest absolute Gasteiger partial charge is 0.275 e. The summed E-state index contributed by atoms with van der Waals surface area (Å²) in [6, 6.07) is 10.5. The molecule has 0 atom stereocenters. The zero-order valence-electron chi connectivity index (χ0n) is 11.9. The van der Waals surface area contributed by atoms with Crippen molar-refractivity contribution in [1.82, 2.24) is 4.98 Å². The van der Waals surface area contributed by atoms with Gasteiger partial charge in [0.1, 0.15) is 0 Å². The minimum absolute atomic E-state index is 0.0480. The molecular formula is C16H16N2O3S. The molecule has 1 aromatic heterocycles. The van der Waals surface area contributed by atoms with Gasteiger partial charge in [-0.15, -0.1) is 6.58 Å². The highest BCUT2D eigenvalue weighted by molar-refractivity contribution is 7.91. The molecular weight excluding hydrogens is 300 g/mol. The maximum atomic E-state index is 12.2. The average molecular weight is 316 g/mol. The minimum atomic E-state index is -3.64. The number of anilines is 1. The van der Waals surface area contributed by atoms with Crippen LogP contribution in [-0.2, 0) is 16.3 Å². The normalized spacial score (nSPS) is 11.1. The largest absolute Gasteiger partial charge is 0.397 e. The SMILES string of the molecule is C=CCS(=O)(=O)c1ccnc(=O)c(Cc2ccccc2)c1N. The van der Waals surface area contributed by atoms with Crippen molar-refractivity contribution in [3.63, 3.8) is 0 Å². The summed E-state index contributed by atoms with van der Waals surface area (Å²) in [7, 11) is -3.64. The lowest BCUT2D eigenvalue weighted by atomic mass is 10.1. The fourth-order valence-electron chi connectivity index (χ4n) is 2.09. The molecule has 1 aromatic carbocycles. The van der Waals surface area contributed by atoms with Crippen molar-refractivity contribution < 1.29 is 8.42 Å². The predicted octanol–water partition coefficient (Wildman–Crippen LogP) is 1.57. The van der Waals surface area contributed by atoms with Crippen molar-refractivity contribution in [2.45, 2.75) is 11.3 Å². The fourth-order valence-corrected chi connectivity index (χ4v) is 3.31. The van der Waals surface area contributed by atoms with Gasteiger partial charge in [-0.25, -0.2) is 13.4 Å². The average Bonchev–Trinajstić information content (AvgIpc) is 2.62. The van der Waals surface area contributed by atoms with E-state index in [1.807, 2.05) is 30.3 Å². The van der Waals surface area contributed by atoms with E-state index in [2.05, 4.69) is 11.6 Å².